The van der Waals surface area contributed by atoms with Crippen molar-refractivity contribution in [2.45, 2.75) is 6.92 Å². The van der Waals surface area contributed by atoms with Gasteiger partial charge in [0.1, 0.15) is 11.5 Å². The van der Waals surface area contributed by atoms with Gasteiger partial charge in [0, 0.05) is 0 Å². The molecule has 0 saturated carbocycles. The second kappa shape index (κ2) is 6.45. The van der Waals surface area contributed by atoms with Gasteiger partial charge in [-0.15, -0.1) is 0 Å². The fourth-order valence-corrected chi connectivity index (χ4v) is 0.453. The molecule has 0 aliphatic rings. The fourth-order valence-electron chi connectivity index (χ4n) is 0.453. The maximum atomic E-state index is 8.65. The summed E-state index contributed by atoms with van der Waals surface area (Å²) in [5.74, 6) is 0.339. The molecule has 68 valence electrons. The quantitative estimate of drug-likeness (QED) is 0.342. The van der Waals surface area contributed by atoms with Crippen LogP contribution in [0.2, 0.25) is 0 Å². The van der Waals surface area contributed by atoms with Crippen molar-refractivity contribution in [3.8, 4) is 11.5 Å². The third kappa shape index (κ3) is 5.52. The van der Waals surface area contributed by atoms with Crippen molar-refractivity contribution in [3.63, 3.8) is 0 Å². The Hall–Kier alpha value is -1.26. The van der Waals surface area contributed by atoms with E-state index in [1.807, 2.05) is 0 Å². The van der Waals surface area contributed by atoms with Crippen LogP contribution in [-0.2, 0) is 4.89 Å². The smallest absolute Gasteiger partial charge is 0.115 e. The highest BCUT2D eigenvalue weighted by molar-refractivity contribution is 5.28. The zero-order valence-electron chi connectivity index (χ0n) is 6.77. The average Bonchev–Trinajstić information content (AvgIpc) is 2.11. The van der Waals surface area contributed by atoms with Crippen molar-refractivity contribution in [1.82, 2.24) is 0 Å². The van der Waals surface area contributed by atoms with Crippen LogP contribution in [0.3, 0.4) is 0 Å². The monoisotopic (exact) mass is 172 g/mol. The molecule has 0 aliphatic heterocycles. The molecule has 0 aliphatic carbocycles. The van der Waals surface area contributed by atoms with Gasteiger partial charge >= 0.3 is 0 Å². The molecule has 0 fully saturated rings. The van der Waals surface area contributed by atoms with Crippen molar-refractivity contribution < 1.29 is 20.4 Å². The van der Waals surface area contributed by atoms with E-state index in [1.165, 1.54) is 24.3 Å². The molecule has 1 aromatic carbocycles. The van der Waals surface area contributed by atoms with Crippen LogP contribution in [-0.4, -0.2) is 22.1 Å². The zero-order valence-corrected chi connectivity index (χ0v) is 6.77. The molecule has 4 nitrogen and oxygen atoms in total. The Morgan fingerprint density at radius 1 is 1.08 bits per heavy atom. The summed E-state index contributed by atoms with van der Waals surface area (Å²) in [6.07, 6.45) is 0. The molecule has 0 bridgehead atoms. The molecular formula is C8H12O4. The summed E-state index contributed by atoms with van der Waals surface area (Å²) in [4.78, 5) is 3.54. The molecule has 0 amide bonds. The van der Waals surface area contributed by atoms with Crippen molar-refractivity contribution in [1.29, 1.82) is 0 Å². The van der Waals surface area contributed by atoms with E-state index in [0.717, 1.165) is 0 Å². The van der Waals surface area contributed by atoms with Gasteiger partial charge in [-0.05, 0) is 31.2 Å². The van der Waals surface area contributed by atoms with Crippen LogP contribution < -0.4 is 0 Å². The second-order valence-corrected chi connectivity index (χ2v) is 1.93. The highest BCUT2D eigenvalue weighted by Gasteiger charge is 1.84. The lowest BCUT2D eigenvalue weighted by molar-refractivity contribution is -0.237. The summed E-state index contributed by atoms with van der Waals surface area (Å²) in [6.45, 7) is 2.08. The number of hydrogen-bond donors (Lipinski definition) is 3. The third-order valence-electron chi connectivity index (χ3n) is 0.979. The largest absolute Gasteiger partial charge is 0.508 e. The van der Waals surface area contributed by atoms with Crippen LogP contribution in [0.15, 0.2) is 24.3 Å². The lowest BCUT2D eigenvalue weighted by Crippen LogP contribution is -1.74. The standard InChI is InChI=1S/C6H6O2.C2H6O2/c7-5-1-2-6(8)4-3-5;1-2-4-3/h1-4,7-8H;3H,2H2,1H3. The number of benzene rings is 1. The lowest BCUT2D eigenvalue weighted by Gasteiger charge is -1.88. The van der Waals surface area contributed by atoms with Crippen LogP contribution in [0.1, 0.15) is 6.92 Å². The van der Waals surface area contributed by atoms with Gasteiger partial charge in [0.2, 0.25) is 0 Å². The molecule has 0 atom stereocenters. The van der Waals surface area contributed by atoms with E-state index in [1.54, 1.807) is 6.92 Å². The minimum atomic E-state index is 0.169. The van der Waals surface area contributed by atoms with E-state index in [9.17, 15) is 0 Å². The summed E-state index contributed by atoms with van der Waals surface area (Å²) in [6, 6.07) is 5.70. The first kappa shape index (κ1) is 10.7. The van der Waals surface area contributed by atoms with Crippen molar-refractivity contribution >= 4 is 0 Å². The normalized spacial score (nSPS) is 8.50. The second-order valence-electron chi connectivity index (χ2n) is 1.93. The Morgan fingerprint density at radius 2 is 1.33 bits per heavy atom. The van der Waals surface area contributed by atoms with E-state index in [2.05, 4.69) is 4.89 Å². The predicted octanol–water partition coefficient (Wildman–Crippen LogP) is 1.59. The summed E-state index contributed by atoms with van der Waals surface area (Å²) in [5.41, 5.74) is 0. The predicted molar refractivity (Wildman–Crippen MR) is 44.0 cm³/mol. The molecule has 1 rings (SSSR count). The third-order valence-corrected chi connectivity index (χ3v) is 0.979. The van der Waals surface area contributed by atoms with Gasteiger partial charge in [-0.1, -0.05) is 0 Å². The minimum absolute atomic E-state index is 0.169. The lowest BCUT2D eigenvalue weighted by atomic mass is 10.3. The number of phenols is 2. The van der Waals surface area contributed by atoms with Crippen LogP contribution in [0, 0.1) is 0 Å². The molecule has 12 heavy (non-hydrogen) atoms. The average molecular weight is 172 g/mol. The van der Waals surface area contributed by atoms with Crippen LogP contribution in [0.5, 0.6) is 11.5 Å². The van der Waals surface area contributed by atoms with Crippen LogP contribution in [0.25, 0.3) is 0 Å². The van der Waals surface area contributed by atoms with Crippen molar-refractivity contribution in [3.05, 3.63) is 24.3 Å². The number of rotatable bonds is 1. The fraction of sp³-hybridized carbons (Fsp3) is 0.250. The Morgan fingerprint density at radius 3 is 1.50 bits per heavy atom. The van der Waals surface area contributed by atoms with Crippen molar-refractivity contribution in [2.75, 3.05) is 6.61 Å². The Labute approximate surface area is 70.6 Å². The molecule has 1 aromatic rings. The van der Waals surface area contributed by atoms with Crippen LogP contribution >= 0.6 is 0 Å². The Bertz CT molecular complexity index is 172. The summed E-state index contributed by atoms with van der Waals surface area (Å²) in [7, 11) is 0. The topological polar surface area (TPSA) is 69.9 Å². The first-order chi connectivity index (χ1) is 5.70. The molecule has 3 N–H and O–H groups in total. The zero-order chi connectivity index (χ0) is 9.40. The first-order valence-corrected chi connectivity index (χ1v) is 3.45. The summed E-state index contributed by atoms with van der Waals surface area (Å²) in [5, 5.41) is 24.7. The number of aromatic hydroxyl groups is 2. The molecule has 0 spiro atoms. The molecule has 0 radical (unpaired) electrons. The van der Waals surface area contributed by atoms with E-state index in [4.69, 9.17) is 15.5 Å². The van der Waals surface area contributed by atoms with E-state index in [0.29, 0.717) is 6.61 Å². The molecule has 0 saturated heterocycles. The van der Waals surface area contributed by atoms with Gasteiger partial charge in [0.25, 0.3) is 0 Å². The van der Waals surface area contributed by atoms with Gasteiger partial charge < -0.3 is 10.2 Å². The Kier molecular flexibility index (Phi) is 5.77. The highest BCUT2D eigenvalue weighted by atomic mass is 17.1. The number of hydrogen-bond acceptors (Lipinski definition) is 4. The van der Waals surface area contributed by atoms with Gasteiger partial charge in [-0.25, -0.2) is 4.89 Å². The summed E-state index contributed by atoms with van der Waals surface area (Å²) >= 11 is 0. The molecular weight excluding hydrogens is 160 g/mol. The maximum absolute atomic E-state index is 8.65. The van der Waals surface area contributed by atoms with Crippen LogP contribution in [0.4, 0.5) is 0 Å². The van der Waals surface area contributed by atoms with Gasteiger partial charge in [0.05, 0.1) is 6.61 Å². The molecule has 4 heteroatoms. The van der Waals surface area contributed by atoms with Gasteiger partial charge in [-0.2, -0.15) is 0 Å². The molecule has 0 unspecified atom stereocenters. The Balaban J connectivity index is 0.000000261. The van der Waals surface area contributed by atoms with Gasteiger partial charge in [0.15, 0.2) is 0 Å². The van der Waals surface area contributed by atoms with E-state index < -0.39 is 0 Å². The highest BCUT2D eigenvalue weighted by Crippen LogP contribution is 2.13. The first-order valence-electron chi connectivity index (χ1n) is 3.45. The van der Waals surface area contributed by atoms with E-state index >= 15 is 0 Å². The minimum Gasteiger partial charge on any atom is -0.508 e. The number of phenolic OH excluding ortho intramolecular Hbond substituents is 2. The molecule has 0 aromatic heterocycles. The van der Waals surface area contributed by atoms with Crippen molar-refractivity contribution in [2.24, 2.45) is 0 Å². The summed E-state index contributed by atoms with van der Waals surface area (Å²) < 4.78 is 0. The van der Waals surface area contributed by atoms with E-state index in [-0.39, 0.29) is 11.5 Å². The SMILES string of the molecule is CCOO.Oc1ccc(O)cc1. The van der Waals surface area contributed by atoms with Gasteiger partial charge in [-0.3, -0.25) is 5.26 Å². The molecule has 0 heterocycles. The maximum Gasteiger partial charge on any atom is 0.115 e.